The van der Waals surface area contributed by atoms with Crippen LogP contribution in [0, 0.1) is 0 Å². The van der Waals surface area contributed by atoms with Crippen LogP contribution in [0.15, 0.2) is 30.3 Å². The lowest BCUT2D eigenvalue weighted by molar-refractivity contribution is 0.455. The number of nitrogens with zero attached hydrogens (tertiary/aromatic N) is 3. The highest BCUT2D eigenvalue weighted by Gasteiger charge is 2.06. The van der Waals surface area contributed by atoms with Crippen molar-refractivity contribution in [1.29, 1.82) is 0 Å². The van der Waals surface area contributed by atoms with Gasteiger partial charge in [-0.2, -0.15) is 0 Å². The summed E-state index contributed by atoms with van der Waals surface area (Å²) in [6.07, 6.45) is 0. The molecule has 6 heteroatoms. The molecule has 0 radical (unpaired) electrons. The zero-order valence-electron chi connectivity index (χ0n) is 9.89. The number of aromatic nitrogens is 2. The van der Waals surface area contributed by atoms with Gasteiger partial charge >= 0.3 is 0 Å². The molecule has 0 fully saturated rings. The van der Waals surface area contributed by atoms with Gasteiger partial charge in [0.25, 0.3) is 0 Å². The second kappa shape index (κ2) is 5.42. The molecule has 0 saturated carbocycles. The molecule has 18 heavy (non-hydrogen) atoms. The normalized spacial score (nSPS) is 10.2. The Bertz CT molecular complexity index is 544. The second-order valence-corrected chi connectivity index (χ2v) is 4.64. The molecule has 0 aliphatic heterocycles. The van der Waals surface area contributed by atoms with Gasteiger partial charge in [-0.25, -0.2) is 0 Å². The third-order valence-corrected chi connectivity index (χ3v) is 2.72. The van der Waals surface area contributed by atoms with Crippen LogP contribution < -0.4 is 9.64 Å². The lowest BCUT2D eigenvalue weighted by atomic mass is 10.3. The molecule has 0 amide bonds. The van der Waals surface area contributed by atoms with Crippen molar-refractivity contribution >= 4 is 29.0 Å². The summed E-state index contributed by atoms with van der Waals surface area (Å²) in [5, 5.41) is 8.94. The number of hydrogen-bond donors (Lipinski definition) is 0. The smallest absolute Gasteiger partial charge is 0.239 e. The van der Waals surface area contributed by atoms with E-state index < -0.39 is 0 Å². The summed E-state index contributed by atoms with van der Waals surface area (Å²) in [4.78, 5) is 1.85. The predicted molar refractivity (Wildman–Crippen MR) is 72.9 cm³/mol. The highest BCUT2D eigenvalue weighted by atomic mass is 35.5. The molecule has 2 rings (SSSR count). The Labute approximate surface area is 115 Å². The molecule has 0 aliphatic carbocycles. The Hall–Kier alpha value is -1.52. The Kier molecular flexibility index (Phi) is 3.89. The van der Waals surface area contributed by atoms with Crippen molar-refractivity contribution in [2.24, 2.45) is 0 Å². The molecule has 0 unspecified atom stereocenters. The SMILES string of the molecule is CN(C)c1ccc(Oc2ccc(Cl)cc2Cl)nn1. The third kappa shape index (κ3) is 3.03. The lowest BCUT2D eigenvalue weighted by Gasteiger charge is -2.10. The van der Waals surface area contributed by atoms with E-state index in [0.29, 0.717) is 21.7 Å². The van der Waals surface area contributed by atoms with Gasteiger partial charge in [0.2, 0.25) is 5.88 Å². The Morgan fingerprint density at radius 1 is 1.06 bits per heavy atom. The predicted octanol–water partition coefficient (Wildman–Crippen LogP) is 3.64. The van der Waals surface area contributed by atoms with Gasteiger partial charge in [-0.3, -0.25) is 0 Å². The van der Waals surface area contributed by atoms with Gasteiger partial charge in [0, 0.05) is 25.2 Å². The minimum atomic E-state index is 0.379. The summed E-state index contributed by atoms with van der Waals surface area (Å²) >= 11 is 11.8. The molecule has 2 aromatic rings. The van der Waals surface area contributed by atoms with Crippen LogP contribution in [0.1, 0.15) is 0 Å². The first kappa shape index (κ1) is 12.9. The van der Waals surface area contributed by atoms with Gasteiger partial charge in [0.15, 0.2) is 5.82 Å². The van der Waals surface area contributed by atoms with Crippen LogP contribution in [0.5, 0.6) is 11.6 Å². The van der Waals surface area contributed by atoms with Crippen molar-refractivity contribution in [2.75, 3.05) is 19.0 Å². The van der Waals surface area contributed by atoms with Gasteiger partial charge in [-0.05, 0) is 24.3 Å². The summed E-state index contributed by atoms with van der Waals surface area (Å²) in [5.74, 6) is 1.63. The molecule has 4 nitrogen and oxygen atoms in total. The van der Waals surface area contributed by atoms with Crippen molar-refractivity contribution in [3.63, 3.8) is 0 Å². The van der Waals surface area contributed by atoms with Crippen molar-refractivity contribution in [1.82, 2.24) is 10.2 Å². The van der Waals surface area contributed by atoms with E-state index in [0.717, 1.165) is 5.82 Å². The Morgan fingerprint density at radius 3 is 2.39 bits per heavy atom. The summed E-state index contributed by atoms with van der Waals surface area (Å²) in [6, 6.07) is 8.54. The Balaban J connectivity index is 2.18. The lowest BCUT2D eigenvalue weighted by Crippen LogP contribution is -2.11. The maximum absolute atomic E-state index is 6.00. The van der Waals surface area contributed by atoms with Crippen molar-refractivity contribution < 1.29 is 4.74 Å². The van der Waals surface area contributed by atoms with Crippen LogP contribution in [-0.4, -0.2) is 24.3 Å². The number of ether oxygens (including phenoxy) is 1. The molecule has 0 atom stereocenters. The van der Waals surface area contributed by atoms with E-state index in [4.69, 9.17) is 27.9 Å². The quantitative estimate of drug-likeness (QED) is 0.862. The maximum atomic E-state index is 6.00. The molecular weight excluding hydrogens is 273 g/mol. The molecule has 94 valence electrons. The van der Waals surface area contributed by atoms with Gasteiger partial charge in [0.1, 0.15) is 5.75 Å². The van der Waals surface area contributed by atoms with E-state index >= 15 is 0 Å². The molecule has 0 aliphatic rings. The minimum absolute atomic E-state index is 0.379. The molecule has 1 aromatic heterocycles. The van der Waals surface area contributed by atoms with Gasteiger partial charge in [-0.1, -0.05) is 23.2 Å². The van der Waals surface area contributed by atoms with E-state index in [2.05, 4.69) is 10.2 Å². The highest BCUT2D eigenvalue weighted by molar-refractivity contribution is 6.35. The zero-order chi connectivity index (χ0) is 13.1. The number of anilines is 1. The fourth-order valence-electron chi connectivity index (χ4n) is 1.28. The van der Waals surface area contributed by atoms with Crippen LogP contribution in [-0.2, 0) is 0 Å². The molecule has 0 spiro atoms. The van der Waals surface area contributed by atoms with Gasteiger partial charge in [0.05, 0.1) is 5.02 Å². The molecule has 1 aromatic carbocycles. The van der Waals surface area contributed by atoms with Crippen LogP contribution in [0.25, 0.3) is 0 Å². The van der Waals surface area contributed by atoms with Crippen LogP contribution in [0.4, 0.5) is 5.82 Å². The molecule has 0 N–H and O–H groups in total. The van der Waals surface area contributed by atoms with E-state index in [-0.39, 0.29) is 0 Å². The average molecular weight is 284 g/mol. The van der Waals surface area contributed by atoms with Crippen molar-refractivity contribution in [3.8, 4) is 11.6 Å². The zero-order valence-corrected chi connectivity index (χ0v) is 11.4. The monoisotopic (exact) mass is 283 g/mol. The van der Waals surface area contributed by atoms with E-state index in [1.807, 2.05) is 25.1 Å². The number of halogens is 2. The van der Waals surface area contributed by atoms with Crippen LogP contribution >= 0.6 is 23.2 Å². The average Bonchev–Trinajstić information content (AvgIpc) is 2.33. The van der Waals surface area contributed by atoms with Crippen LogP contribution in [0.3, 0.4) is 0 Å². The third-order valence-electron chi connectivity index (χ3n) is 2.19. The summed E-state index contributed by atoms with van der Waals surface area (Å²) in [5.41, 5.74) is 0. The number of hydrogen-bond acceptors (Lipinski definition) is 4. The molecule has 1 heterocycles. The van der Waals surface area contributed by atoms with Gasteiger partial charge < -0.3 is 9.64 Å². The fraction of sp³-hybridized carbons (Fsp3) is 0.167. The summed E-state index contributed by atoms with van der Waals surface area (Å²) in [7, 11) is 3.78. The van der Waals surface area contributed by atoms with E-state index in [1.165, 1.54) is 0 Å². The first-order chi connectivity index (χ1) is 8.56. The standard InChI is InChI=1S/C12H11Cl2N3O/c1-17(2)11-5-6-12(16-15-11)18-10-4-3-8(13)7-9(10)14/h3-7H,1-2H3. The van der Waals surface area contributed by atoms with Crippen molar-refractivity contribution in [3.05, 3.63) is 40.4 Å². The molecule has 0 saturated heterocycles. The van der Waals surface area contributed by atoms with Crippen LogP contribution in [0.2, 0.25) is 10.0 Å². The van der Waals surface area contributed by atoms with E-state index in [9.17, 15) is 0 Å². The second-order valence-electron chi connectivity index (χ2n) is 3.80. The molecular formula is C12H11Cl2N3O. The number of rotatable bonds is 3. The molecule has 0 bridgehead atoms. The maximum Gasteiger partial charge on any atom is 0.239 e. The van der Waals surface area contributed by atoms with Crippen molar-refractivity contribution in [2.45, 2.75) is 0 Å². The number of benzene rings is 1. The topological polar surface area (TPSA) is 38.2 Å². The minimum Gasteiger partial charge on any atom is -0.436 e. The Morgan fingerprint density at radius 2 is 1.83 bits per heavy atom. The summed E-state index contributed by atoms with van der Waals surface area (Å²) in [6.45, 7) is 0. The highest BCUT2D eigenvalue weighted by Crippen LogP contribution is 2.30. The first-order valence-electron chi connectivity index (χ1n) is 5.20. The van der Waals surface area contributed by atoms with Gasteiger partial charge in [-0.15, -0.1) is 10.2 Å². The summed E-state index contributed by atoms with van der Waals surface area (Å²) < 4.78 is 5.52. The van der Waals surface area contributed by atoms with E-state index in [1.54, 1.807) is 24.3 Å². The fourth-order valence-corrected chi connectivity index (χ4v) is 1.72. The first-order valence-corrected chi connectivity index (χ1v) is 5.96. The largest absolute Gasteiger partial charge is 0.436 e.